The summed E-state index contributed by atoms with van der Waals surface area (Å²) in [4.78, 5) is 28.7. The second kappa shape index (κ2) is 9.67. The highest BCUT2D eigenvalue weighted by Crippen LogP contribution is 2.24. The fourth-order valence-electron chi connectivity index (χ4n) is 3.23. The summed E-state index contributed by atoms with van der Waals surface area (Å²) in [6.07, 6.45) is 2.75. The maximum atomic E-state index is 12.9. The molecule has 1 aromatic heterocycles. The van der Waals surface area contributed by atoms with Crippen molar-refractivity contribution < 1.29 is 22.7 Å². The van der Waals surface area contributed by atoms with Crippen LogP contribution in [-0.4, -0.2) is 49.3 Å². The Morgan fingerprint density at radius 1 is 1.23 bits per heavy atom. The van der Waals surface area contributed by atoms with Gasteiger partial charge in [0.1, 0.15) is 0 Å². The molecule has 162 valence electrons. The molecular formula is C20H25N3O5S2. The quantitative estimate of drug-likeness (QED) is 0.649. The van der Waals surface area contributed by atoms with Crippen LogP contribution in [0, 0.1) is 6.92 Å². The molecule has 2 heterocycles. The Morgan fingerprint density at radius 2 is 1.97 bits per heavy atom. The number of ether oxygens (including phenoxy) is 1. The molecule has 8 nitrogen and oxygen atoms in total. The molecule has 1 N–H and O–H groups in total. The normalized spacial score (nSPS) is 15.0. The lowest BCUT2D eigenvalue weighted by molar-refractivity contribution is -0.142. The van der Waals surface area contributed by atoms with Gasteiger partial charge < -0.3 is 4.74 Å². The molecular weight excluding hydrogens is 426 g/mol. The van der Waals surface area contributed by atoms with Crippen molar-refractivity contribution in [2.24, 2.45) is 0 Å². The van der Waals surface area contributed by atoms with Crippen LogP contribution in [0.5, 0.6) is 0 Å². The average Bonchev–Trinajstić information content (AvgIpc) is 3.15. The largest absolute Gasteiger partial charge is 0.466 e. The van der Waals surface area contributed by atoms with E-state index in [9.17, 15) is 18.0 Å². The Balaban J connectivity index is 1.76. The second-order valence-corrected chi connectivity index (χ2v) is 9.82. The summed E-state index contributed by atoms with van der Waals surface area (Å²) in [7, 11) is -3.63. The summed E-state index contributed by atoms with van der Waals surface area (Å²) in [5, 5.41) is 4.70. The molecule has 0 unspecified atom stereocenters. The van der Waals surface area contributed by atoms with Crippen molar-refractivity contribution in [3.63, 3.8) is 0 Å². The van der Waals surface area contributed by atoms with Gasteiger partial charge in [-0.1, -0.05) is 12.5 Å². The first kappa shape index (κ1) is 22.4. The number of thiazole rings is 1. The van der Waals surface area contributed by atoms with Crippen LogP contribution >= 0.6 is 11.3 Å². The zero-order valence-corrected chi connectivity index (χ0v) is 18.6. The average molecular weight is 452 g/mol. The van der Waals surface area contributed by atoms with Gasteiger partial charge in [-0.2, -0.15) is 4.31 Å². The van der Waals surface area contributed by atoms with Crippen molar-refractivity contribution in [3.05, 3.63) is 40.4 Å². The van der Waals surface area contributed by atoms with Crippen LogP contribution in [0.1, 0.15) is 47.8 Å². The lowest BCUT2D eigenvalue weighted by Gasteiger charge is -2.26. The van der Waals surface area contributed by atoms with Gasteiger partial charge in [0.15, 0.2) is 5.13 Å². The van der Waals surface area contributed by atoms with Crippen molar-refractivity contribution in [1.82, 2.24) is 9.29 Å². The van der Waals surface area contributed by atoms with E-state index in [4.69, 9.17) is 4.74 Å². The van der Waals surface area contributed by atoms with Gasteiger partial charge in [-0.3, -0.25) is 14.9 Å². The third kappa shape index (κ3) is 5.24. The summed E-state index contributed by atoms with van der Waals surface area (Å²) in [5.41, 5.74) is 1.44. The highest BCUT2D eigenvalue weighted by atomic mass is 32.2. The second-order valence-electron chi connectivity index (χ2n) is 7.02. The van der Waals surface area contributed by atoms with E-state index in [-0.39, 0.29) is 22.8 Å². The number of rotatable bonds is 7. The Labute approximate surface area is 180 Å². The van der Waals surface area contributed by atoms with Gasteiger partial charge in [0.05, 0.1) is 23.6 Å². The molecule has 0 bridgehead atoms. The van der Waals surface area contributed by atoms with Gasteiger partial charge >= 0.3 is 5.97 Å². The van der Waals surface area contributed by atoms with Crippen LogP contribution in [0.25, 0.3) is 0 Å². The number of carbonyl (C=O) groups excluding carboxylic acids is 2. The Bertz CT molecular complexity index is 1030. The molecule has 2 aromatic rings. The summed E-state index contributed by atoms with van der Waals surface area (Å²) in [6.45, 7) is 4.77. The lowest BCUT2D eigenvalue weighted by Crippen LogP contribution is -2.35. The number of aryl methyl sites for hydroxylation is 1. The standard InChI is InChI=1S/C20H25N3O5S2/c1-3-28-18(24)11-15-13-29-20(21-15)22-19(25)17-12-16(8-7-14(17)2)30(26,27)23-9-5-4-6-10-23/h7-8,12-13H,3-6,9-11H2,1-2H3,(H,21,22,25). The van der Waals surface area contributed by atoms with Crippen molar-refractivity contribution in [3.8, 4) is 0 Å². The predicted octanol–water partition coefficient (Wildman–Crippen LogP) is 2.98. The molecule has 1 amide bonds. The molecule has 1 saturated heterocycles. The highest BCUT2D eigenvalue weighted by molar-refractivity contribution is 7.89. The van der Waals surface area contributed by atoms with Crippen molar-refractivity contribution in [1.29, 1.82) is 0 Å². The number of carbonyl (C=O) groups is 2. The van der Waals surface area contributed by atoms with E-state index in [1.165, 1.54) is 27.8 Å². The predicted molar refractivity (Wildman–Crippen MR) is 114 cm³/mol. The van der Waals surface area contributed by atoms with Gasteiger partial charge in [0.25, 0.3) is 5.91 Å². The third-order valence-corrected chi connectivity index (χ3v) is 7.51. The molecule has 3 rings (SSSR count). The summed E-state index contributed by atoms with van der Waals surface area (Å²) in [5.74, 6) is -0.827. The number of nitrogens with one attached hydrogen (secondary N) is 1. The Hall–Kier alpha value is -2.30. The Kier molecular flexibility index (Phi) is 7.22. The van der Waals surface area contributed by atoms with E-state index in [1.807, 2.05) is 0 Å². The van der Waals surface area contributed by atoms with Gasteiger partial charge in [0, 0.05) is 24.0 Å². The molecule has 1 aliphatic heterocycles. The molecule has 0 radical (unpaired) electrons. The summed E-state index contributed by atoms with van der Waals surface area (Å²) >= 11 is 1.19. The number of hydrogen-bond acceptors (Lipinski definition) is 7. The smallest absolute Gasteiger partial charge is 0.311 e. The number of piperidine rings is 1. The van der Waals surface area contributed by atoms with E-state index >= 15 is 0 Å². The van der Waals surface area contributed by atoms with Gasteiger partial charge in [-0.25, -0.2) is 13.4 Å². The number of sulfonamides is 1. The first-order valence-corrected chi connectivity index (χ1v) is 12.2. The van der Waals surface area contributed by atoms with Gasteiger partial charge in [0.2, 0.25) is 10.0 Å². The maximum Gasteiger partial charge on any atom is 0.311 e. The van der Waals surface area contributed by atoms with Crippen LogP contribution in [0.2, 0.25) is 0 Å². The van der Waals surface area contributed by atoms with Crippen LogP contribution in [-0.2, 0) is 26.0 Å². The third-order valence-electron chi connectivity index (χ3n) is 4.81. The fourth-order valence-corrected chi connectivity index (χ4v) is 5.48. The summed E-state index contributed by atoms with van der Waals surface area (Å²) < 4.78 is 32.2. The first-order valence-electron chi connectivity index (χ1n) is 9.83. The molecule has 1 aliphatic rings. The molecule has 1 fully saturated rings. The zero-order valence-electron chi connectivity index (χ0n) is 17.0. The van der Waals surface area contributed by atoms with Crippen LogP contribution in [0.15, 0.2) is 28.5 Å². The van der Waals surface area contributed by atoms with E-state index in [1.54, 1.807) is 25.3 Å². The maximum absolute atomic E-state index is 12.9. The fraction of sp³-hybridized carbons (Fsp3) is 0.450. The van der Waals surface area contributed by atoms with E-state index in [0.717, 1.165) is 19.3 Å². The first-order chi connectivity index (χ1) is 14.3. The SMILES string of the molecule is CCOC(=O)Cc1csc(NC(=O)c2cc(S(=O)(=O)N3CCCCC3)ccc2C)n1. The topological polar surface area (TPSA) is 106 Å². The molecule has 30 heavy (non-hydrogen) atoms. The van der Waals surface area contributed by atoms with Crippen LogP contribution in [0.4, 0.5) is 5.13 Å². The molecule has 0 atom stereocenters. The van der Waals surface area contributed by atoms with E-state index in [2.05, 4.69) is 10.3 Å². The van der Waals surface area contributed by atoms with Crippen LogP contribution < -0.4 is 5.32 Å². The number of anilines is 1. The molecule has 10 heteroatoms. The summed E-state index contributed by atoms with van der Waals surface area (Å²) in [6, 6.07) is 4.60. The van der Waals surface area contributed by atoms with Crippen LogP contribution in [0.3, 0.4) is 0 Å². The minimum atomic E-state index is -3.63. The number of hydrogen-bond donors (Lipinski definition) is 1. The highest BCUT2D eigenvalue weighted by Gasteiger charge is 2.27. The number of esters is 1. The minimum absolute atomic E-state index is 0.0306. The van der Waals surface area contributed by atoms with Gasteiger partial charge in [-0.05, 0) is 44.4 Å². The Morgan fingerprint density at radius 3 is 2.67 bits per heavy atom. The van der Waals surface area contributed by atoms with Crippen molar-refractivity contribution in [2.45, 2.75) is 44.4 Å². The van der Waals surface area contributed by atoms with Crippen molar-refractivity contribution >= 4 is 38.4 Å². The number of amides is 1. The molecule has 1 aromatic carbocycles. The van der Waals surface area contributed by atoms with E-state index < -0.39 is 15.9 Å². The number of nitrogens with zero attached hydrogens (tertiary/aromatic N) is 2. The van der Waals surface area contributed by atoms with Gasteiger partial charge in [-0.15, -0.1) is 11.3 Å². The van der Waals surface area contributed by atoms with E-state index in [0.29, 0.717) is 36.1 Å². The molecule has 0 aliphatic carbocycles. The van der Waals surface area contributed by atoms with Crippen molar-refractivity contribution in [2.75, 3.05) is 25.0 Å². The zero-order chi connectivity index (χ0) is 21.7. The molecule has 0 spiro atoms. The minimum Gasteiger partial charge on any atom is -0.466 e. The number of benzene rings is 1. The lowest BCUT2D eigenvalue weighted by atomic mass is 10.1. The number of aromatic nitrogens is 1. The molecule has 0 saturated carbocycles. The monoisotopic (exact) mass is 451 g/mol.